The molecule has 0 spiro atoms. The van der Waals surface area contributed by atoms with Crippen LogP contribution in [0.5, 0.6) is 11.5 Å². The third kappa shape index (κ3) is 3.03. The molecule has 1 fully saturated rings. The van der Waals surface area contributed by atoms with Crippen molar-refractivity contribution in [3.05, 3.63) is 23.8 Å². The van der Waals surface area contributed by atoms with Gasteiger partial charge in [-0.15, -0.1) is 0 Å². The van der Waals surface area contributed by atoms with Gasteiger partial charge in [-0.2, -0.15) is 0 Å². The first-order valence-electron chi connectivity index (χ1n) is 7.39. The van der Waals surface area contributed by atoms with Crippen molar-refractivity contribution in [3.8, 4) is 11.5 Å². The van der Waals surface area contributed by atoms with Gasteiger partial charge < -0.3 is 14.6 Å². The highest BCUT2D eigenvalue weighted by Gasteiger charge is 2.22. The van der Waals surface area contributed by atoms with E-state index in [1.807, 2.05) is 6.07 Å². The van der Waals surface area contributed by atoms with Gasteiger partial charge in [-0.3, -0.25) is 0 Å². The number of aryl methyl sites for hydroxylation is 1. The van der Waals surface area contributed by atoms with Gasteiger partial charge in [0.25, 0.3) is 0 Å². The number of ether oxygens (including phenoxy) is 2. The molecule has 3 rings (SSSR count). The summed E-state index contributed by atoms with van der Waals surface area (Å²) in [5.74, 6) is 2.20. The van der Waals surface area contributed by atoms with Gasteiger partial charge in [-0.05, 0) is 49.3 Å². The zero-order chi connectivity index (χ0) is 13.1. The Balaban J connectivity index is 1.60. The molecule has 2 aliphatic rings. The molecule has 1 aliphatic carbocycles. The number of benzene rings is 1. The fraction of sp³-hybridized carbons (Fsp3) is 0.625. The summed E-state index contributed by atoms with van der Waals surface area (Å²) < 4.78 is 11.1. The van der Waals surface area contributed by atoms with Crippen molar-refractivity contribution in [2.75, 3.05) is 13.2 Å². The molecule has 0 aromatic heterocycles. The highest BCUT2D eigenvalue weighted by atomic mass is 16.6. The summed E-state index contributed by atoms with van der Waals surface area (Å²) in [7, 11) is 0. The molecule has 1 saturated carbocycles. The molecule has 19 heavy (non-hydrogen) atoms. The SMILES string of the molecule is OC1CCCCC1CCc1ccc2c(c1)OCCO2. The van der Waals surface area contributed by atoms with Gasteiger partial charge in [-0.1, -0.05) is 18.9 Å². The highest BCUT2D eigenvalue weighted by Crippen LogP contribution is 2.33. The van der Waals surface area contributed by atoms with E-state index in [0.717, 1.165) is 30.8 Å². The second-order valence-corrected chi connectivity index (χ2v) is 5.63. The van der Waals surface area contributed by atoms with Crippen LogP contribution in [0.3, 0.4) is 0 Å². The molecule has 0 bridgehead atoms. The molecule has 2 atom stereocenters. The number of hydrogen-bond donors (Lipinski definition) is 1. The van der Waals surface area contributed by atoms with Gasteiger partial charge in [0.15, 0.2) is 11.5 Å². The largest absolute Gasteiger partial charge is 0.486 e. The third-order valence-corrected chi connectivity index (χ3v) is 4.28. The third-order valence-electron chi connectivity index (χ3n) is 4.28. The molecule has 0 radical (unpaired) electrons. The van der Waals surface area contributed by atoms with E-state index in [-0.39, 0.29) is 6.10 Å². The summed E-state index contributed by atoms with van der Waals surface area (Å²) in [6.45, 7) is 1.28. The lowest BCUT2D eigenvalue weighted by Gasteiger charge is -2.27. The number of fused-ring (bicyclic) bond motifs is 1. The van der Waals surface area contributed by atoms with Crippen molar-refractivity contribution in [2.24, 2.45) is 5.92 Å². The molecule has 1 aromatic rings. The maximum atomic E-state index is 9.99. The van der Waals surface area contributed by atoms with Crippen LogP contribution in [0.2, 0.25) is 0 Å². The lowest BCUT2D eigenvalue weighted by atomic mass is 9.83. The Labute approximate surface area is 114 Å². The van der Waals surface area contributed by atoms with Crippen LogP contribution in [0.1, 0.15) is 37.7 Å². The summed E-state index contributed by atoms with van der Waals surface area (Å²) in [5, 5.41) is 9.99. The number of hydrogen-bond acceptors (Lipinski definition) is 3. The molecule has 1 N–H and O–H groups in total. The number of aliphatic hydroxyl groups excluding tert-OH is 1. The predicted molar refractivity (Wildman–Crippen MR) is 73.7 cm³/mol. The van der Waals surface area contributed by atoms with Gasteiger partial charge in [0.1, 0.15) is 13.2 Å². The van der Waals surface area contributed by atoms with E-state index in [9.17, 15) is 5.11 Å². The standard InChI is InChI=1S/C16H22O3/c17-14-4-2-1-3-13(14)7-5-12-6-8-15-16(11-12)19-10-9-18-15/h6,8,11,13-14,17H,1-5,7,9-10H2. The minimum atomic E-state index is -0.0917. The minimum Gasteiger partial charge on any atom is -0.486 e. The first-order chi connectivity index (χ1) is 9.33. The molecule has 3 nitrogen and oxygen atoms in total. The van der Waals surface area contributed by atoms with Crippen LogP contribution in [0.15, 0.2) is 18.2 Å². The van der Waals surface area contributed by atoms with Crippen LogP contribution in [-0.2, 0) is 6.42 Å². The summed E-state index contributed by atoms with van der Waals surface area (Å²) in [4.78, 5) is 0. The summed E-state index contributed by atoms with van der Waals surface area (Å²) in [6.07, 6.45) is 6.59. The van der Waals surface area contributed by atoms with Gasteiger partial charge in [0.05, 0.1) is 6.10 Å². The predicted octanol–water partition coefficient (Wildman–Crippen LogP) is 2.94. The summed E-state index contributed by atoms with van der Waals surface area (Å²) in [6, 6.07) is 6.20. The van der Waals surface area contributed by atoms with E-state index in [4.69, 9.17) is 9.47 Å². The molecule has 1 aromatic carbocycles. The Bertz CT molecular complexity index is 430. The zero-order valence-corrected chi connectivity index (χ0v) is 11.3. The molecule has 3 heteroatoms. The fourth-order valence-corrected chi connectivity index (χ4v) is 3.12. The Morgan fingerprint density at radius 3 is 2.68 bits per heavy atom. The van der Waals surface area contributed by atoms with Crippen LogP contribution in [0, 0.1) is 5.92 Å². The first-order valence-corrected chi connectivity index (χ1v) is 7.39. The smallest absolute Gasteiger partial charge is 0.161 e. The molecule has 104 valence electrons. The first kappa shape index (κ1) is 12.8. The average Bonchev–Trinajstić information content (AvgIpc) is 2.46. The molecule has 1 aliphatic heterocycles. The maximum absolute atomic E-state index is 9.99. The average molecular weight is 262 g/mol. The second kappa shape index (κ2) is 5.83. The molecule has 1 heterocycles. The highest BCUT2D eigenvalue weighted by molar-refractivity contribution is 5.43. The number of aliphatic hydroxyl groups is 1. The summed E-state index contributed by atoms with van der Waals surface area (Å²) >= 11 is 0. The van der Waals surface area contributed by atoms with Crippen LogP contribution in [-0.4, -0.2) is 24.4 Å². The Morgan fingerprint density at radius 1 is 1.05 bits per heavy atom. The van der Waals surface area contributed by atoms with Crippen molar-refractivity contribution >= 4 is 0 Å². The van der Waals surface area contributed by atoms with Crippen LogP contribution in [0.4, 0.5) is 0 Å². The van der Waals surface area contributed by atoms with Gasteiger partial charge in [0.2, 0.25) is 0 Å². The summed E-state index contributed by atoms with van der Waals surface area (Å²) in [5.41, 5.74) is 1.28. The fourth-order valence-electron chi connectivity index (χ4n) is 3.12. The van der Waals surface area contributed by atoms with Crippen molar-refractivity contribution < 1.29 is 14.6 Å². The van der Waals surface area contributed by atoms with Crippen molar-refractivity contribution in [1.82, 2.24) is 0 Å². The van der Waals surface area contributed by atoms with E-state index in [2.05, 4.69) is 12.1 Å². The molecular formula is C16H22O3. The van der Waals surface area contributed by atoms with Gasteiger partial charge in [-0.25, -0.2) is 0 Å². The Hall–Kier alpha value is -1.22. The second-order valence-electron chi connectivity index (χ2n) is 5.63. The van der Waals surface area contributed by atoms with Crippen LogP contribution in [0.25, 0.3) is 0 Å². The normalized spacial score (nSPS) is 26.2. The van der Waals surface area contributed by atoms with E-state index in [1.165, 1.54) is 24.8 Å². The van der Waals surface area contributed by atoms with Gasteiger partial charge in [0, 0.05) is 0 Å². The van der Waals surface area contributed by atoms with Crippen molar-refractivity contribution in [1.29, 1.82) is 0 Å². The Morgan fingerprint density at radius 2 is 1.84 bits per heavy atom. The molecule has 2 unspecified atom stereocenters. The molecule has 0 saturated heterocycles. The van der Waals surface area contributed by atoms with E-state index >= 15 is 0 Å². The number of rotatable bonds is 3. The lowest BCUT2D eigenvalue weighted by molar-refractivity contribution is 0.0655. The zero-order valence-electron chi connectivity index (χ0n) is 11.3. The molecular weight excluding hydrogens is 240 g/mol. The van der Waals surface area contributed by atoms with E-state index < -0.39 is 0 Å². The monoisotopic (exact) mass is 262 g/mol. The minimum absolute atomic E-state index is 0.0917. The topological polar surface area (TPSA) is 38.7 Å². The maximum Gasteiger partial charge on any atom is 0.161 e. The molecule has 0 amide bonds. The Kier molecular flexibility index (Phi) is 3.92. The van der Waals surface area contributed by atoms with Crippen molar-refractivity contribution in [3.63, 3.8) is 0 Å². The lowest BCUT2D eigenvalue weighted by Crippen LogP contribution is -2.24. The van der Waals surface area contributed by atoms with E-state index in [1.54, 1.807) is 0 Å². The van der Waals surface area contributed by atoms with Crippen molar-refractivity contribution in [2.45, 2.75) is 44.6 Å². The van der Waals surface area contributed by atoms with Crippen LogP contribution >= 0.6 is 0 Å². The van der Waals surface area contributed by atoms with Crippen LogP contribution < -0.4 is 9.47 Å². The quantitative estimate of drug-likeness (QED) is 0.910. The van der Waals surface area contributed by atoms with E-state index in [0.29, 0.717) is 19.1 Å². The van der Waals surface area contributed by atoms with Gasteiger partial charge >= 0.3 is 0 Å².